The van der Waals surface area contributed by atoms with E-state index in [2.05, 4.69) is 206 Å². The molecule has 52 heavy (non-hydrogen) atoms. The van der Waals surface area contributed by atoms with E-state index in [-0.39, 0.29) is 0 Å². The maximum absolute atomic E-state index is 2.39. The average Bonchev–Trinajstić information content (AvgIpc) is 3.22. The minimum Gasteiger partial charge on any atom is -0.0622 e. The molecule has 0 amide bonds. The van der Waals surface area contributed by atoms with Crippen LogP contribution in [0.2, 0.25) is 0 Å². The highest BCUT2D eigenvalue weighted by atomic mass is 14.2. The molecular weight excluding hydrogens is 625 g/mol. The number of fused-ring (bicyclic) bond motifs is 4. The molecule has 0 aromatic heterocycles. The molecule has 0 N–H and O–H groups in total. The smallest absolute Gasteiger partial charge is 0.00262 e. The molecule has 0 aliphatic heterocycles. The van der Waals surface area contributed by atoms with Crippen LogP contribution < -0.4 is 0 Å². The highest BCUT2D eigenvalue weighted by Crippen LogP contribution is 2.45. The molecule has 0 heteroatoms. The van der Waals surface area contributed by atoms with E-state index < -0.39 is 0 Å². The first kappa shape index (κ1) is 30.1. The van der Waals surface area contributed by atoms with Crippen LogP contribution in [-0.4, -0.2) is 0 Å². The van der Waals surface area contributed by atoms with E-state index in [0.717, 1.165) is 0 Å². The van der Waals surface area contributed by atoms with Crippen LogP contribution in [0.25, 0.3) is 98.7 Å². The standard InChI is InChI=1S/C52H34/c1-2-14-37(15-3-1)43-31-32-44(46-20-7-6-19-45(43)46)41-17-12-18-42(34-41)52-49-23-10-8-21-47(49)51(48-22-9-11-24-50(48)52)38-28-25-36(26-29-38)40-30-27-35-13-4-5-16-39(35)33-40/h1-34H. The Labute approximate surface area is 303 Å². The van der Waals surface area contributed by atoms with Crippen molar-refractivity contribution in [3.05, 3.63) is 206 Å². The molecule has 0 spiro atoms. The summed E-state index contributed by atoms with van der Waals surface area (Å²) in [5, 5.41) is 10.1. The predicted molar refractivity (Wildman–Crippen MR) is 224 cm³/mol. The lowest BCUT2D eigenvalue weighted by Gasteiger charge is -2.19. The Morgan fingerprint density at radius 3 is 1.27 bits per heavy atom. The van der Waals surface area contributed by atoms with Crippen molar-refractivity contribution in [1.82, 2.24) is 0 Å². The molecule has 0 atom stereocenters. The summed E-state index contributed by atoms with van der Waals surface area (Å²) in [4.78, 5) is 0. The molecule has 0 bridgehead atoms. The van der Waals surface area contributed by atoms with Crippen molar-refractivity contribution >= 4 is 43.1 Å². The van der Waals surface area contributed by atoms with Crippen LogP contribution in [0, 0.1) is 0 Å². The molecule has 0 saturated heterocycles. The van der Waals surface area contributed by atoms with Crippen molar-refractivity contribution in [2.45, 2.75) is 0 Å². The van der Waals surface area contributed by atoms with Crippen molar-refractivity contribution in [3.63, 3.8) is 0 Å². The molecule has 0 saturated carbocycles. The molecule has 10 rings (SSSR count). The second kappa shape index (κ2) is 12.5. The summed E-state index contributed by atoms with van der Waals surface area (Å²) in [6.07, 6.45) is 0. The summed E-state index contributed by atoms with van der Waals surface area (Å²) in [5.74, 6) is 0. The van der Waals surface area contributed by atoms with Crippen LogP contribution in [0.4, 0.5) is 0 Å². The zero-order valence-corrected chi connectivity index (χ0v) is 28.6. The van der Waals surface area contributed by atoms with Crippen LogP contribution in [0.5, 0.6) is 0 Å². The normalized spacial score (nSPS) is 11.5. The first-order valence-corrected chi connectivity index (χ1v) is 18.0. The van der Waals surface area contributed by atoms with Crippen molar-refractivity contribution in [3.8, 4) is 55.6 Å². The summed E-state index contributed by atoms with van der Waals surface area (Å²) in [6, 6.07) is 75.5. The first-order valence-electron chi connectivity index (χ1n) is 18.0. The van der Waals surface area contributed by atoms with Gasteiger partial charge in [0, 0.05) is 0 Å². The van der Waals surface area contributed by atoms with Gasteiger partial charge in [0.2, 0.25) is 0 Å². The van der Waals surface area contributed by atoms with Gasteiger partial charge in [-0.05, 0) is 111 Å². The van der Waals surface area contributed by atoms with Gasteiger partial charge in [-0.1, -0.05) is 194 Å². The summed E-state index contributed by atoms with van der Waals surface area (Å²) >= 11 is 0. The highest BCUT2D eigenvalue weighted by Gasteiger charge is 2.18. The molecule has 0 radical (unpaired) electrons. The Bertz CT molecular complexity index is 2880. The fourth-order valence-corrected chi connectivity index (χ4v) is 8.21. The van der Waals surface area contributed by atoms with Gasteiger partial charge in [-0.25, -0.2) is 0 Å². The van der Waals surface area contributed by atoms with Crippen LogP contribution in [0.1, 0.15) is 0 Å². The van der Waals surface area contributed by atoms with E-state index in [9.17, 15) is 0 Å². The van der Waals surface area contributed by atoms with Crippen LogP contribution in [-0.2, 0) is 0 Å². The third-order valence-electron chi connectivity index (χ3n) is 10.7. The number of hydrogen-bond acceptors (Lipinski definition) is 0. The predicted octanol–water partition coefficient (Wildman–Crippen LogP) is 14.6. The van der Waals surface area contributed by atoms with E-state index in [1.54, 1.807) is 0 Å². The minimum atomic E-state index is 1.22. The fraction of sp³-hybridized carbons (Fsp3) is 0. The van der Waals surface area contributed by atoms with E-state index in [1.165, 1.54) is 98.7 Å². The third kappa shape index (κ3) is 5.08. The molecule has 0 aliphatic rings. The molecular formula is C52H34. The monoisotopic (exact) mass is 658 g/mol. The summed E-state index contributed by atoms with van der Waals surface area (Å²) < 4.78 is 0. The lowest BCUT2D eigenvalue weighted by Crippen LogP contribution is -1.91. The van der Waals surface area contributed by atoms with Gasteiger partial charge >= 0.3 is 0 Å². The molecule has 10 aromatic carbocycles. The molecule has 0 heterocycles. The van der Waals surface area contributed by atoms with E-state index in [1.807, 2.05) is 0 Å². The first-order chi connectivity index (χ1) is 25.8. The van der Waals surface area contributed by atoms with Gasteiger partial charge in [0.15, 0.2) is 0 Å². The Morgan fingerprint density at radius 1 is 0.192 bits per heavy atom. The molecule has 0 nitrogen and oxygen atoms in total. The number of hydrogen-bond donors (Lipinski definition) is 0. The third-order valence-corrected chi connectivity index (χ3v) is 10.7. The molecule has 0 fully saturated rings. The fourth-order valence-electron chi connectivity index (χ4n) is 8.21. The minimum absolute atomic E-state index is 1.22. The maximum atomic E-state index is 2.39. The summed E-state index contributed by atoms with van der Waals surface area (Å²) in [5.41, 5.74) is 12.4. The van der Waals surface area contributed by atoms with Crippen LogP contribution >= 0.6 is 0 Å². The Kier molecular flexibility index (Phi) is 7.25. The quantitative estimate of drug-likeness (QED) is 0.161. The Hall–Kier alpha value is -6.76. The lowest BCUT2D eigenvalue weighted by atomic mass is 9.85. The maximum Gasteiger partial charge on any atom is -0.00262 e. The Balaban J connectivity index is 1.12. The number of benzene rings is 10. The van der Waals surface area contributed by atoms with Crippen LogP contribution in [0.15, 0.2) is 206 Å². The van der Waals surface area contributed by atoms with Gasteiger partial charge in [0.1, 0.15) is 0 Å². The molecule has 0 aliphatic carbocycles. The van der Waals surface area contributed by atoms with Crippen LogP contribution in [0.3, 0.4) is 0 Å². The van der Waals surface area contributed by atoms with E-state index in [4.69, 9.17) is 0 Å². The van der Waals surface area contributed by atoms with Gasteiger partial charge in [-0.2, -0.15) is 0 Å². The SMILES string of the molecule is c1ccc(-c2ccc(-c3cccc(-c4c5ccccc5c(-c5ccc(-c6ccc7ccccc7c6)cc5)c5ccccc45)c3)c3ccccc23)cc1. The second-order valence-corrected chi connectivity index (χ2v) is 13.6. The van der Waals surface area contributed by atoms with Gasteiger partial charge < -0.3 is 0 Å². The van der Waals surface area contributed by atoms with Crippen molar-refractivity contribution in [2.75, 3.05) is 0 Å². The Morgan fingerprint density at radius 2 is 0.635 bits per heavy atom. The molecule has 10 aromatic rings. The number of rotatable bonds is 5. The van der Waals surface area contributed by atoms with E-state index in [0.29, 0.717) is 0 Å². The second-order valence-electron chi connectivity index (χ2n) is 13.6. The van der Waals surface area contributed by atoms with Gasteiger partial charge in [0.05, 0.1) is 0 Å². The highest BCUT2D eigenvalue weighted by molar-refractivity contribution is 6.21. The van der Waals surface area contributed by atoms with Crippen molar-refractivity contribution < 1.29 is 0 Å². The average molecular weight is 659 g/mol. The summed E-state index contributed by atoms with van der Waals surface area (Å²) in [6.45, 7) is 0. The molecule has 242 valence electrons. The van der Waals surface area contributed by atoms with Gasteiger partial charge in [-0.15, -0.1) is 0 Å². The summed E-state index contributed by atoms with van der Waals surface area (Å²) in [7, 11) is 0. The zero-order chi connectivity index (χ0) is 34.4. The zero-order valence-electron chi connectivity index (χ0n) is 28.6. The largest absolute Gasteiger partial charge is 0.0622 e. The van der Waals surface area contributed by atoms with E-state index >= 15 is 0 Å². The van der Waals surface area contributed by atoms with Crippen molar-refractivity contribution in [2.24, 2.45) is 0 Å². The topological polar surface area (TPSA) is 0 Å². The lowest BCUT2D eigenvalue weighted by molar-refractivity contribution is 1.61. The van der Waals surface area contributed by atoms with Crippen molar-refractivity contribution in [1.29, 1.82) is 0 Å². The van der Waals surface area contributed by atoms with Gasteiger partial charge in [-0.3, -0.25) is 0 Å². The van der Waals surface area contributed by atoms with Gasteiger partial charge in [0.25, 0.3) is 0 Å². The molecule has 0 unspecified atom stereocenters.